The first kappa shape index (κ1) is 13.1. The van der Waals surface area contributed by atoms with Gasteiger partial charge in [0.15, 0.2) is 0 Å². The van der Waals surface area contributed by atoms with Gasteiger partial charge in [-0.1, -0.05) is 41.6 Å². The highest BCUT2D eigenvalue weighted by Gasteiger charge is 2.08. The first-order valence-electron chi connectivity index (χ1n) is 6.66. The number of aromatic nitrogens is 2. The number of rotatable bonds is 3. The maximum atomic E-state index is 5.74. The Kier molecular flexibility index (Phi) is 3.51. The Labute approximate surface area is 122 Å². The lowest BCUT2D eigenvalue weighted by Gasteiger charge is -1.97. The second-order valence-electron chi connectivity index (χ2n) is 4.77. The number of hydrogen-bond donors (Lipinski definition) is 1. The van der Waals surface area contributed by atoms with E-state index in [0.717, 1.165) is 22.4 Å². The van der Waals surface area contributed by atoms with Crippen molar-refractivity contribution in [3.63, 3.8) is 0 Å². The van der Waals surface area contributed by atoms with Crippen molar-refractivity contribution in [3.05, 3.63) is 65.5 Å². The van der Waals surface area contributed by atoms with E-state index in [1.54, 1.807) is 6.08 Å². The lowest BCUT2D eigenvalue weighted by Crippen LogP contribution is -1.84. The Hall–Kier alpha value is -2.88. The number of hydrogen-bond acceptors (Lipinski definition) is 4. The van der Waals surface area contributed by atoms with Crippen LogP contribution in [0.5, 0.6) is 0 Å². The second kappa shape index (κ2) is 5.63. The summed E-state index contributed by atoms with van der Waals surface area (Å²) < 4.78 is 5.25. The van der Waals surface area contributed by atoms with Crippen molar-refractivity contribution in [3.8, 4) is 11.4 Å². The van der Waals surface area contributed by atoms with E-state index in [9.17, 15) is 0 Å². The van der Waals surface area contributed by atoms with E-state index >= 15 is 0 Å². The van der Waals surface area contributed by atoms with Crippen LogP contribution >= 0.6 is 0 Å². The van der Waals surface area contributed by atoms with Crippen LogP contribution in [0.2, 0.25) is 0 Å². The summed E-state index contributed by atoms with van der Waals surface area (Å²) >= 11 is 0. The van der Waals surface area contributed by atoms with Gasteiger partial charge in [0.05, 0.1) is 0 Å². The minimum atomic E-state index is 0.468. The predicted octanol–water partition coefficient (Wildman–Crippen LogP) is 3.80. The number of benzene rings is 2. The van der Waals surface area contributed by atoms with Gasteiger partial charge in [0, 0.05) is 17.3 Å². The molecule has 2 N–H and O–H groups in total. The van der Waals surface area contributed by atoms with Gasteiger partial charge in [0.2, 0.25) is 5.82 Å². The second-order valence-corrected chi connectivity index (χ2v) is 4.77. The Bertz CT molecular complexity index is 790. The minimum Gasteiger partial charge on any atom is -0.399 e. The largest absolute Gasteiger partial charge is 0.399 e. The summed E-state index contributed by atoms with van der Waals surface area (Å²) in [7, 11) is 0. The molecule has 0 aliphatic rings. The Balaban J connectivity index is 1.84. The summed E-state index contributed by atoms with van der Waals surface area (Å²) in [6, 6.07) is 15.5. The van der Waals surface area contributed by atoms with Gasteiger partial charge in [0.25, 0.3) is 5.89 Å². The van der Waals surface area contributed by atoms with Gasteiger partial charge in [-0.15, -0.1) is 0 Å². The molecular formula is C17H15N3O. The third-order valence-corrected chi connectivity index (χ3v) is 3.16. The van der Waals surface area contributed by atoms with E-state index in [4.69, 9.17) is 10.3 Å². The third kappa shape index (κ3) is 3.00. The Morgan fingerprint density at radius 2 is 1.90 bits per heavy atom. The van der Waals surface area contributed by atoms with E-state index in [0.29, 0.717) is 11.7 Å². The third-order valence-electron chi connectivity index (χ3n) is 3.16. The van der Waals surface area contributed by atoms with Crippen LogP contribution in [-0.2, 0) is 0 Å². The molecule has 0 fully saturated rings. The normalized spacial score (nSPS) is 11.1. The molecule has 0 bridgehead atoms. The van der Waals surface area contributed by atoms with Crippen molar-refractivity contribution in [2.75, 3.05) is 5.73 Å². The van der Waals surface area contributed by atoms with Gasteiger partial charge in [-0.3, -0.25) is 0 Å². The molecule has 0 amide bonds. The molecule has 4 heteroatoms. The molecule has 0 unspecified atom stereocenters. The van der Waals surface area contributed by atoms with E-state index in [2.05, 4.69) is 10.1 Å². The average Bonchev–Trinajstić information content (AvgIpc) is 2.94. The first-order valence-corrected chi connectivity index (χ1v) is 6.66. The average molecular weight is 277 g/mol. The van der Waals surface area contributed by atoms with Crippen LogP contribution in [0, 0.1) is 6.92 Å². The predicted molar refractivity (Wildman–Crippen MR) is 84.3 cm³/mol. The first-order chi connectivity index (χ1) is 10.2. The fourth-order valence-electron chi connectivity index (χ4n) is 2.07. The van der Waals surface area contributed by atoms with Crippen molar-refractivity contribution in [1.29, 1.82) is 0 Å². The molecule has 2 aromatic carbocycles. The number of anilines is 1. The molecule has 0 saturated heterocycles. The van der Waals surface area contributed by atoms with E-state index < -0.39 is 0 Å². The number of nitrogens with zero attached hydrogens (tertiary/aromatic N) is 2. The van der Waals surface area contributed by atoms with Crippen LogP contribution < -0.4 is 5.73 Å². The zero-order chi connectivity index (χ0) is 14.7. The van der Waals surface area contributed by atoms with Gasteiger partial charge in [0.1, 0.15) is 0 Å². The van der Waals surface area contributed by atoms with E-state index in [1.807, 2.05) is 61.5 Å². The van der Waals surface area contributed by atoms with Gasteiger partial charge in [-0.25, -0.2) is 0 Å². The minimum absolute atomic E-state index is 0.468. The van der Waals surface area contributed by atoms with Crippen LogP contribution in [0.4, 0.5) is 5.69 Å². The summed E-state index contributed by atoms with van der Waals surface area (Å²) in [6.45, 7) is 2.02. The summed E-state index contributed by atoms with van der Waals surface area (Å²) in [6.07, 6.45) is 3.68. The van der Waals surface area contributed by atoms with Crippen LogP contribution in [0.15, 0.2) is 53.1 Å². The highest BCUT2D eigenvalue weighted by atomic mass is 16.5. The van der Waals surface area contributed by atoms with Crippen LogP contribution in [0.1, 0.15) is 17.0 Å². The zero-order valence-corrected chi connectivity index (χ0v) is 11.7. The molecule has 4 nitrogen and oxygen atoms in total. The van der Waals surface area contributed by atoms with Crippen LogP contribution in [0.3, 0.4) is 0 Å². The Morgan fingerprint density at radius 1 is 1.05 bits per heavy atom. The summed E-state index contributed by atoms with van der Waals surface area (Å²) in [4.78, 5) is 4.38. The van der Waals surface area contributed by atoms with E-state index in [1.165, 1.54) is 0 Å². The standard InChI is InChI=1S/C17H15N3O/c1-12-5-2-3-8-15(12)17-19-16(21-20-17)10-9-13-6-4-7-14(18)11-13/h2-11H,18H2,1H3/b10-9+. The van der Waals surface area contributed by atoms with Crippen molar-refractivity contribution < 1.29 is 4.52 Å². The fourth-order valence-corrected chi connectivity index (χ4v) is 2.07. The lowest BCUT2D eigenvalue weighted by atomic mass is 10.1. The van der Waals surface area contributed by atoms with Gasteiger partial charge in [-0.05, 0) is 36.3 Å². The smallest absolute Gasteiger partial charge is 0.250 e. The summed E-state index contributed by atoms with van der Waals surface area (Å²) in [5.41, 5.74) is 9.55. The molecule has 3 rings (SSSR count). The molecule has 0 aliphatic heterocycles. The number of aryl methyl sites for hydroxylation is 1. The summed E-state index contributed by atoms with van der Waals surface area (Å²) in [5.74, 6) is 1.07. The molecule has 0 spiro atoms. The molecule has 0 saturated carbocycles. The molecule has 3 aromatic rings. The molecular weight excluding hydrogens is 262 g/mol. The van der Waals surface area contributed by atoms with Gasteiger partial charge < -0.3 is 10.3 Å². The topological polar surface area (TPSA) is 64.9 Å². The molecule has 0 radical (unpaired) electrons. The molecule has 21 heavy (non-hydrogen) atoms. The maximum Gasteiger partial charge on any atom is 0.250 e. The lowest BCUT2D eigenvalue weighted by molar-refractivity contribution is 0.411. The molecule has 1 heterocycles. The van der Waals surface area contributed by atoms with E-state index in [-0.39, 0.29) is 0 Å². The monoisotopic (exact) mass is 277 g/mol. The van der Waals surface area contributed by atoms with Gasteiger partial charge >= 0.3 is 0 Å². The SMILES string of the molecule is Cc1ccccc1-c1noc(/C=C/c2cccc(N)c2)n1. The van der Waals surface area contributed by atoms with Crippen molar-refractivity contribution in [2.24, 2.45) is 0 Å². The highest BCUT2D eigenvalue weighted by Crippen LogP contribution is 2.20. The van der Waals surface area contributed by atoms with Gasteiger partial charge in [-0.2, -0.15) is 4.98 Å². The van der Waals surface area contributed by atoms with Crippen molar-refractivity contribution in [1.82, 2.24) is 10.1 Å². The molecule has 0 aliphatic carbocycles. The number of nitrogens with two attached hydrogens (primary N) is 1. The van der Waals surface area contributed by atoms with Crippen LogP contribution in [0.25, 0.3) is 23.5 Å². The Morgan fingerprint density at radius 3 is 2.71 bits per heavy atom. The van der Waals surface area contributed by atoms with Crippen molar-refractivity contribution in [2.45, 2.75) is 6.92 Å². The zero-order valence-electron chi connectivity index (χ0n) is 11.7. The maximum absolute atomic E-state index is 5.74. The molecule has 104 valence electrons. The molecule has 0 atom stereocenters. The molecule has 1 aromatic heterocycles. The van der Waals surface area contributed by atoms with Crippen LogP contribution in [-0.4, -0.2) is 10.1 Å². The van der Waals surface area contributed by atoms with Crippen molar-refractivity contribution >= 4 is 17.8 Å². The summed E-state index contributed by atoms with van der Waals surface area (Å²) in [5, 5.41) is 4.02. The fraction of sp³-hybridized carbons (Fsp3) is 0.0588. The quantitative estimate of drug-likeness (QED) is 0.739. The highest BCUT2D eigenvalue weighted by molar-refractivity contribution is 5.69. The number of nitrogen functional groups attached to an aromatic ring is 1.